The first-order valence-electron chi connectivity index (χ1n) is 17.7. The van der Waals surface area contributed by atoms with Crippen LogP contribution in [0.3, 0.4) is 0 Å². The molecule has 0 atom stereocenters. The van der Waals surface area contributed by atoms with Crippen LogP contribution in [0.1, 0.15) is 86.7 Å². The van der Waals surface area contributed by atoms with E-state index in [-0.39, 0.29) is 31.1 Å². The number of nitrogens with zero attached hydrogens (tertiary/aromatic N) is 3. The molecule has 7 aromatic rings. The Morgan fingerprint density at radius 1 is 0.833 bits per heavy atom. The number of aromatic nitrogens is 3. The molecule has 3 heterocycles. The fourth-order valence-corrected chi connectivity index (χ4v) is 6.72. The van der Waals surface area contributed by atoms with Crippen LogP contribution in [0.2, 0.25) is 0 Å². The van der Waals surface area contributed by atoms with Gasteiger partial charge in [-0.2, -0.15) is 0 Å². The number of thiophene rings is 1. The minimum atomic E-state index is -2.09. The molecule has 3 aromatic heterocycles. The number of benzene rings is 4. The number of para-hydroxylation sites is 3. The zero-order valence-electron chi connectivity index (χ0n) is 31.6. The maximum atomic E-state index is 7.23. The SMILES string of the molecule is CC(C)c1cccc(C(C)C)c1-n1c(-c2[c-]sc3ccc(C(C)(C)C)cc23)nc2ccccc21.[2H]C([2H])([2H])c1ccc(-c2[c-]cccc2)nc1.[Ir]. The van der Waals surface area contributed by atoms with Crippen molar-refractivity contribution in [3.8, 4) is 28.3 Å². The molecule has 0 aliphatic rings. The summed E-state index contributed by atoms with van der Waals surface area (Å²) < 4.78 is 25.4. The van der Waals surface area contributed by atoms with Gasteiger partial charge in [0.15, 0.2) is 0 Å². The molecule has 0 fully saturated rings. The number of hydrogen-bond acceptors (Lipinski definition) is 3. The molecular weight excluding hydrogens is 783 g/mol. The van der Waals surface area contributed by atoms with Gasteiger partial charge in [-0.3, -0.25) is 16.3 Å². The van der Waals surface area contributed by atoms with Crippen molar-refractivity contribution in [2.45, 2.75) is 72.6 Å². The van der Waals surface area contributed by atoms with Crippen LogP contribution in [0.25, 0.3) is 49.5 Å². The Kier molecular flexibility index (Phi) is 9.61. The molecule has 1 radical (unpaired) electrons. The van der Waals surface area contributed by atoms with Crippen molar-refractivity contribution in [2.75, 3.05) is 0 Å². The van der Waals surface area contributed by atoms with Gasteiger partial charge in [0.2, 0.25) is 0 Å². The molecule has 0 aliphatic heterocycles. The van der Waals surface area contributed by atoms with Crippen molar-refractivity contribution >= 4 is 32.5 Å². The summed E-state index contributed by atoms with van der Waals surface area (Å²) >= 11 is 1.68. The zero-order valence-corrected chi connectivity index (χ0v) is 31.8. The van der Waals surface area contributed by atoms with Gasteiger partial charge in [-0.05, 0) is 58.6 Å². The molecule has 0 bridgehead atoms. The van der Waals surface area contributed by atoms with E-state index in [1.165, 1.54) is 38.7 Å². The van der Waals surface area contributed by atoms with Crippen LogP contribution in [-0.2, 0) is 25.5 Å². The quantitative estimate of drug-likeness (QED) is 0.162. The Labute approximate surface area is 307 Å². The summed E-state index contributed by atoms with van der Waals surface area (Å²) in [6.45, 7) is 13.8. The van der Waals surface area contributed by atoms with Crippen molar-refractivity contribution in [2.24, 2.45) is 0 Å². The van der Waals surface area contributed by atoms with Crippen LogP contribution in [0.15, 0.2) is 103 Å². The van der Waals surface area contributed by atoms with E-state index in [0.29, 0.717) is 11.8 Å². The second kappa shape index (κ2) is 14.7. The van der Waals surface area contributed by atoms with Gasteiger partial charge in [0.1, 0.15) is 0 Å². The monoisotopic (exact) mass is 829 g/mol. The fraction of sp³-hybridized carbons (Fsp3) is 0.256. The Morgan fingerprint density at radius 3 is 2.19 bits per heavy atom. The summed E-state index contributed by atoms with van der Waals surface area (Å²) in [6, 6.07) is 35.9. The number of imidazole rings is 1. The minimum Gasteiger partial charge on any atom is -0.333 e. The van der Waals surface area contributed by atoms with E-state index >= 15 is 0 Å². The number of rotatable bonds is 5. The van der Waals surface area contributed by atoms with Gasteiger partial charge in [-0.15, -0.1) is 47.3 Å². The summed E-state index contributed by atoms with van der Waals surface area (Å²) in [6.07, 6.45) is 1.39. The first-order valence-corrected chi connectivity index (χ1v) is 17.0. The number of aryl methyl sites for hydroxylation is 1. The number of pyridine rings is 1. The maximum Gasteiger partial charge on any atom is 0.0774 e. The molecule has 3 nitrogen and oxygen atoms in total. The van der Waals surface area contributed by atoms with Crippen molar-refractivity contribution in [3.05, 3.63) is 137 Å². The molecule has 0 saturated heterocycles. The molecule has 4 aromatic carbocycles. The van der Waals surface area contributed by atoms with Crippen LogP contribution >= 0.6 is 11.3 Å². The Bertz CT molecular complexity index is 2220. The summed E-state index contributed by atoms with van der Waals surface area (Å²) in [5.74, 6) is 1.78. The molecular formula is C43H43IrN3S-2. The van der Waals surface area contributed by atoms with Crippen molar-refractivity contribution in [1.82, 2.24) is 14.5 Å². The molecule has 247 valence electrons. The third-order valence-electron chi connectivity index (χ3n) is 8.48. The van der Waals surface area contributed by atoms with Crippen LogP contribution < -0.4 is 0 Å². The van der Waals surface area contributed by atoms with Gasteiger partial charge < -0.3 is 9.55 Å². The average Bonchev–Trinajstić information content (AvgIpc) is 3.69. The van der Waals surface area contributed by atoms with Crippen molar-refractivity contribution < 1.29 is 24.2 Å². The van der Waals surface area contributed by atoms with E-state index in [9.17, 15) is 0 Å². The fourth-order valence-electron chi connectivity index (χ4n) is 5.90. The van der Waals surface area contributed by atoms with E-state index in [1.807, 2.05) is 18.2 Å². The summed E-state index contributed by atoms with van der Waals surface area (Å²) in [4.78, 5) is 9.34. The summed E-state index contributed by atoms with van der Waals surface area (Å²) in [5.41, 5.74) is 10.5. The maximum absolute atomic E-state index is 7.23. The van der Waals surface area contributed by atoms with Crippen LogP contribution in [0, 0.1) is 18.3 Å². The van der Waals surface area contributed by atoms with Crippen molar-refractivity contribution in [3.63, 3.8) is 0 Å². The molecule has 0 N–H and O–H groups in total. The smallest absolute Gasteiger partial charge is 0.0774 e. The Balaban J connectivity index is 0.000000249. The van der Waals surface area contributed by atoms with Gasteiger partial charge >= 0.3 is 0 Å². The van der Waals surface area contributed by atoms with Crippen molar-refractivity contribution in [1.29, 1.82) is 0 Å². The molecule has 0 unspecified atom stereocenters. The summed E-state index contributed by atoms with van der Waals surface area (Å²) in [5, 5.41) is 4.87. The van der Waals surface area contributed by atoms with Crippen LogP contribution in [0.4, 0.5) is 0 Å². The van der Waals surface area contributed by atoms with E-state index in [1.54, 1.807) is 29.5 Å². The number of hydrogen-bond donors (Lipinski definition) is 0. The average molecular weight is 829 g/mol. The van der Waals surface area contributed by atoms with Crippen LogP contribution in [-0.4, -0.2) is 14.5 Å². The number of fused-ring (bicyclic) bond motifs is 2. The van der Waals surface area contributed by atoms with E-state index < -0.39 is 6.85 Å². The second-order valence-electron chi connectivity index (χ2n) is 13.6. The van der Waals surface area contributed by atoms with E-state index in [4.69, 9.17) is 9.10 Å². The minimum absolute atomic E-state index is 0. The normalized spacial score (nSPS) is 12.7. The third kappa shape index (κ3) is 7.24. The Morgan fingerprint density at radius 2 is 1.56 bits per heavy atom. The predicted molar refractivity (Wildman–Crippen MR) is 201 cm³/mol. The standard InChI is InChI=1S/C31H33N2S.C12H10N.Ir/c1-19(2)22-11-10-12-23(20(3)4)29(22)33-27-14-9-8-13-26(27)32-30(33)25-18-34-28-16-15-21(17-24(25)28)31(5,6)7;1-10-7-8-12(13-9-10)11-5-3-2-4-6-11;/h8-17,19-20H,1-7H3;2-5,7-9H,1H3;/q2*-1;/i;1D3;. The second-order valence-corrected chi connectivity index (χ2v) is 14.5. The molecule has 7 rings (SSSR count). The first kappa shape index (κ1) is 31.4. The van der Waals surface area contributed by atoms with Gasteiger partial charge in [-0.1, -0.05) is 124 Å². The van der Waals surface area contributed by atoms with E-state index in [2.05, 4.69) is 130 Å². The molecule has 48 heavy (non-hydrogen) atoms. The van der Waals surface area contributed by atoms with Crippen LogP contribution in [0.5, 0.6) is 0 Å². The molecule has 0 spiro atoms. The molecule has 0 aliphatic carbocycles. The predicted octanol–water partition coefficient (Wildman–Crippen LogP) is 12.1. The molecule has 5 heteroatoms. The topological polar surface area (TPSA) is 30.7 Å². The first-order chi connectivity index (χ1) is 23.7. The Hall–Kier alpha value is -3.89. The van der Waals surface area contributed by atoms with Gasteiger partial charge in [0, 0.05) is 36.1 Å². The van der Waals surface area contributed by atoms with E-state index in [0.717, 1.165) is 33.7 Å². The van der Waals surface area contributed by atoms with Gasteiger partial charge in [0.05, 0.1) is 16.9 Å². The molecule has 0 saturated carbocycles. The largest absolute Gasteiger partial charge is 0.333 e. The van der Waals surface area contributed by atoms with Gasteiger partial charge in [-0.25, -0.2) is 0 Å². The molecule has 0 amide bonds. The third-order valence-corrected chi connectivity index (χ3v) is 9.36. The summed E-state index contributed by atoms with van der Waals surface area (Å²) in [7, 11) is 0. The zero-order chi connectivity index (χ0) is 35.8. The van der Waals surface area contributed by atoms with Gasteiger partial charge in [0.25, 0.3) is 0 Å².